The molecule has 11 rings (SSSR count). The molecule has 0 unspecified atom stereocenters. The van der Waals surface area contributed by atoms with Crippen LogP contribution in [0.3, 0.4) is 0 Å². The maximum Gasteiger partial charge on any atom is 0.229 e. The van der Waals surface area contributed by atoms with Gasteiger partial charge in [-0.3, -0.25) is 0 Å². The van der Waals surface area contributed by atoms with Crippen molar-refractivity contribution in [1.29, 1.82) is 0 Å². The highest BCUT2D eigenvalue weighted by molar-refractivity contribution is 6.07. The summed E-state index contributed by atoms with van der Waals surface area (Å²) in [4.78, 5) is 28.9. The molecule has 7 aromatic carbocycles. The van der Waals surface area contributed by atoms with Crippen LogP contribution in [-0.2, 0) is 0 Å². The fourth-order valence-electron chi connectivity index (χ4n) is 7.52. The van der Waals surface area contributed by atoms with Gasteiger partial charge in [0.1, 0.15) is 17.5 Å². The van der Waals surface area contributed by atoms with Gasteiger partial charge in [-0.25, -0.2) is 29.9 Å². The molecule has 0 aliphatic rings. The Morgan fingerprint density at radius 3 is 1.53 bits per heavy atom. The predicted octanol–water partition coefficient (Wildman–Crippen LogP) is 12.3. The van der Waals surface area contributed by atoms with E-state index in [1.54, 1.807) is 6.33 Å². The van der Waals surface area contributed by atoms with Crippen LogP contribution in [0.15, 0.2) is 187 Å². The number of hydrogen-bond donors (Lipinski definition) is 0. The average molecular weight is 731 g/mol. The van der Waals surface area contributed by atoms with Crippen LogP contribution in [0.5, 0.6) is 0 Å². The van der Waals surface area contributed by atoms with E-state index in [1.165, 1.54) is 21.5 Å². The molecule has 0 saturated heterocycles. The van der Waals surface area contributed by atoms with Crippen molar-refractivity contribution in [3.63, 3.8) is 0 Å². The van der Waals surface area contributed by atoms with Gasteiger partial charge in [0, 0.05) is 34.0 Å². The van der Waals surface area contributed by atoms with Crippen molar-refractivity contribution >= 4 is 43.7 Å². The zero-order chi connectivity index (χ0) is 37.7. The summed E-state index contributed by atoms with van der Waals surface area (Å²) in [5.74, 6) is 1.79. The topological polar surface area (TPSA) is 90.5 Å². The molecule has 0 fully saturated rings. The van der Waals surface area contributed by atoms with Crippen LogP contribution < -0.4 is 0 Å². The van der Waals surface area contributed by atoms with Crippen LogP contribution in [0.2, 0.25) is 0 Å². The van der Waals surface area contributed by atoms with Crippen LogP contribution in [0, 0.1) is 0 Å². The number of furan rings is 1. The minimum atomic E-state index is 0.516. The van der Waals surface area contributed by atoms with Crippen LogP contribution in [0.25, 0.3) is 111 Å². The minimum absolute atomic E-state index is 0.516. The third-order valence-corrected chi connectivity index (χ3v) is 10.5. The van der Waals surface area contributed by atoms with Gasteiger partial charge in [0.2, 0.25) is 5.71 Å². The Morgan fingerprint density at radius 2 is 0.860 bits per heavy atom. The van der Waals surface area contributed by atoms with Crippen molar-refractivity contribution < 1.29 is 4.42 Å². The highest BCUT2D eigenvalue weighted by Gasteiger charge is 2.18. The molecule has 0 bridgehead atoms. The van der Waals surface area contributed by atoms with Crippen LogP contribution in [-0.4, -0.2) is 29.9 Å². The highest BCUT2D eigenvalue weighted by atomic mass is 16.3. The van der Waals surface area contributed by atoms with Gasteiger partial charge in [0.05, 0.1) is 5.39 Å². The van der Waals surface area contributed by atoms with Crippen LogP contribution >= 0.6 is 0 Å². The quantitative estimate of drug-likeness (QED) is 0.157. The molecule has 0 N–H and O–H groups in total. The first-order valence-corrected chi connectivity index (χ1v) is 18.7. The lowest BCUT2D eigenvalue weighted by atomic mass is 9.99. The summed E-state index contributed by atoms with van der Waals surface area (Å²) >= 11 is 0. The summed E-state index contributed by atoms with van der Waals surface area (Å²) in [6.07, 6.45) is 3.45. The predicted molar refractivity (Wildman–Crippen MR) is 228 cm³/mol. The van der Waals surface area contributed by atoms with Gasteiger partial charge in [-0.05, 0) is 62.5 Å². The number of pyridine rings is 1. The molecule has 266 valence electrons. The van der Waals surface area contributed by atoms with E-state index in [0.29, 0.717) is 40.0 Å². The molecule has 0 saturated carbocycles. The smallest absolute Gasteiger partial charge is 0.229 e. The van der Waals surface area contributed by atoms with Crippen molar-refractivity contribution in [2.45, 2.75) is 0 Å². The fraction of sp³-hybridized carbons (Fsp3) is 0. The van der Waals surface area contributed by atoms with Gasteiger partial charge in [-0.1, -0.05) is 146 Å². The zero-order valence-electron chi connectivity index (χ0n) is 30.4. The summed E-state index contributed by atoms with van der Waals surface area (Å²) < 4.78 is 6.36. The van der Waals surface area contributed by atoms with Crippen molar-refractivity contribution in [1.82, 2.24) is 29.9 Å². The summed E-state index contributed by atoms with van der Waals surface area (Å²) in [7, 11) is 0. The normalized spacial score (nSPS) is 11.5. The number of hydrogen-bond acceptors (Lipinski definition) is 7. The summed E-state index contributed by atoms with van der Waals surface area (Å²) in [5, 5.41) is 5.66. The summed E-state index contributed by atoms with van der Waals surface area (Å²) in [6.45, 7) is 0. The zero-order valence-corrected chi connectivity index (χ0v) is 30.4. The van der Waals surface area contributed by atoms with E-state index in [4.69, 9.17) is 24.4 Å². The molecule has 4 aromatic heterocycles. The molecule has 0 atom stereocenters. The van der Waals surface area contributed by atoms with Crippen molar-refractivity contribution in [3.05, 3.63) is 182 Å². The molecule has 0 aliphatic carbocycles. The Balaban J connectivity index is 0.943. The largest absolute Gasteiger partial charge is 0.434 e. The van der Waals surface area contributed by atoms with Gasteiger partial charge in [-0.15, -0.1) is 0 Å². The molecule has 0 radical (unpaired) electrons. The van der Waals surface area contributed by atoms with E-state index in [-0.39, 0.29) is 0 Å². The number of benzene rings is 7. The minimum Gasteiger partial charge on any atom is -0.434 e. The third kappa shape index (κ3) is 5.95. The Hall–Kier alpha value is -7.90. The first-order valence-electron chi connectivity index (χ1n) is 18.7. The molecular formula is C50H30N6O. The number of aromatic nitrogens is 6. The lowest BCUT2D eigenvalue weighted by Crippen LogP contribution is -2.00. The second-order valence-electron chi connectivity index (χ2n) is 14.0. The van der Waals surface area contributed by atoms with E-state index in [0.717, 1.165) is 49.9 Å². The lowest BCUT2D eigenvalue weighted by molar-refractivity contribution is 0.652. The van der Waals surface area contributed by atoms with Gasteiger partial charge < -0.3 is 4.42 Å². The molecular weight excluding hydrogens is 701 g/mol. The number of nitrogens with zero attached hydrogens (tertiary/aromatic N) is 6. The third-order valence-electron chi connectivity index (χ3n) is 10.5. The molecule has 7 heteroatoms. The molecule has 4 heterocycles. The fourth-order valence-corrected chi connectivity index (χ4v) is 7.52. The van der Waals surface area contributed by atoms with Gasteiger partial charge in [0.25, 0.3) is 0 Å². The molecule has 57 heavy (non-hydrogen) atoms. The Kier molecular flexibility index (Phi) is 7.67. The first-order chi connectivity index (χ1) is 28.2. The first kappa shape index (κ1) is 32.5. The Bertz CT molecular complexity index is 3270. The molecule has 0 spiro atoms. The number of fused-ring (bicyclic) bond motifs is 5. The summed E-state index contributed by atoms with van der Waals surface area (Å²) in [5.41, 5.74) is 10.4. The average Bonchev–Trinajstić information content (AvgIpc) is 3.67. The molecule has 11 aromatic rings. The van der Waals surface area contributed by atoms with Crippen molar-refractivity contribution in [2.75, 3.05) is 0 Å². The van der Waals surface area contributed by atoms with Gasteiger partial charge >= 0.3 is 0 Å². The van der Waals surface area contributed by atoms with Crippen molar-refractivity contribution in [3.8, 4) is 67.7 Å². The van der Waals surface area contributed by atoms with Crippen LogP contribution in [0.4, 0.5) is 0 Å². The number of rotatable bonds is 6. The van der Waals surface area contributed by atoms with E-state index < -0.39 is 0 Å². The van der Waals surface area contributed by atoms with Gasteiger partial charge in [-0.2, -0.15) is 0 Å². The van der Waals surface area contributed by atoms with E-state index in [2.05, 4.69) is 107 Å². The molecule has 0 aliphatic heterocycles. The van der Waals surface area contributed by atoms with Crippen molar-refractivity contribution in [2.24, 2.45) is 0 Å². The Morgan fingerprint density at radius 1 is 0.351 bits per heavy atom. The standard InChI is InChI=1S/C50H30N6O/c1-3-9-31(10-4-1)32-15-19-35(20-16-32)48-54-47(34-11-5-2-6-12-34)55-49(56-48)36-21-17-33(18-22-36)44-46-45(53-30-52-44)43-28-42(29-51-50(43)57-46)40-24-23-39-25-37-13-7-8-14-38(37)26-41(39)27-40/h1-30H. The maximum atomic E-state index is 6.36. The Labute approximate surface area is 327 Å². The van der Waals surface area contributed by atoms with E-state index >= 15 is 0 Å². The van der Waals surface area contributed by atoms with E-state index in [1.807, 2.05) is 79.0 Å². The van der Waals surface area contributed by atoms with Crippen LogP contribution in [0.1, 0.15) is 0 Å². The SMILES string of the molecule is c1ccc(-c2ccc(-c3nc(-c4ccccc4)nc(-c4ccc(-c5ncnc6c5oc5ncc(-c7ccc8cc9ccccc9cc8c7)cc56)cc4)n3)cc2)cc1. The van der Waals surface area contributed by atoms with Gasteiger partial charge in [0.15, 0.2) is 23.1 Å². The second kappa shape index (κ2) is 13.4. The molecule has 0 amide bonds. The monoisotopic (exact) mass is 730 g/mol. The highest BCUT2D eigenvalue weighted by Crippen LogP contribution is 2.36. The lowest BCUT2D eigenvalue weighted by Gasteiger charge is -2.09. The van der Waals surface area contributed by atoms with E-state index in [9.17, 15) is 0 Å². The maximum absolute atomic E-state index is 6.36. The summed E-state index contributed by atoms with van der Waals surface area (Å²) in [6, 6.07) is 58.3. The second-order valence-corrected chi connectivity index (χ2v) is 14.0. The molecule has 7 nitrogen and oxygen atoms in total.